The first-order valence-corrected chi connectivity index (χ1v) is 5.71. The monoisotopic (exact) mass is 239 g/mol. The third-order valence-corrected chi connectivity index (χ3v) is 2.77. The zero-order valence-corrected chi connectivity index (χ0v) is 10.3. The molecule has 0 fully saturated rings. The van der Waals surface area contributed by atoms with Crippen LogP contribution in [0.3, 0.4) is 0 Å². The number of aromatic nitrogens is 5. The van der Waals surface area contributed by atoms with Gasteiger partial charge in [-0.2, -0.15) is 5.10 Å². The lowest BCUT2D eigenvalue weighted by Crippen LogP contribution is -2.01. The summed E-state index contributed by atoms with van der Waals surface area (Å²) in [7, 11) is 0. The Morgan fingerprint density at radius 1 is 1.00 bits per heavy atom. The summed E-state index contributed by atoms with van der Waals surface area (Å²) in [6.45, 7) is 4.01. The van der Waals surface area contributed by atoms with Gasteiger partial charge < -0.3 is 4.57 Å². The summed E-state index contributed by atoms with van der Waals surface area (Å²) < 4.78 is 3.81. The van der Waals surface area contributed by atoms with Crippen LogP contribution < -0.4 is 0 Å². The molecular weight excluding hydrogens is 226 g/mol. The van der Waals surface area contributed by atoms with E-state index >= 15 is 0 Å². The maximum atomic E-state index is 4.45. The summed E-state index contributed by atoms with van der Waals surface area (Å²) in [5.41, 5.74) is 4.02. The summed E-state index contributed by atoms with van der Waals surface area (Å²) in [4.78, 5) is 8.29. The Balaban J connectivity index is 2.09. The van der Waals surface area contributed by atoms with Gasteiger partial charge in [0.25, 0.3) is 0 Å². The van der Waals surface area contributed by atoms with Gasteiger partial charge in [-0.25, -0.2) is 9.67 Å². The minimum absolute atomic E-state index is 0.951. The predicted octanol–water partition coefficient (Wildman–Crippen LogP) is 2.07. The molecule has 0 unspecified atom stereocenters. The molecule has 90 valence electrons. The van der Waals surface area contributed by atoms with E-state index in [2.05, 4.69) is 15.1 Å². The van der Waals surface area contributed by atoms with E-state index in [0.29, 0.717) is 0 Å². The van der Waals surface area contributed by atoms with E-state index in [0.717, 1.165) is 22.8 Å². The first kappa shape index (κ1) is 10.7. The van der Waals surface area contributed by atoms with Crippen molar-refractivity contribution in [3.05, 3.63) is 54.6 Å². The van der Waals surface area contributed by atoms with E-state index in [9.17, 15) is 0 Å². The molecule has 0 atom stereocenters. The summed E-state index contributed by atoms with van der Waals surface area (Å²) in [6, 6.07) is 4.08. The second-order valence-electron chi connectivity index (χ2n) is 4.21. The van der Waals surface area contributed by atoms with Gasteiger partial charge in [0.15, 0.2) is 0 Å². The molecular formula is C13H13N5. The lowest BCUT2D eigenvalue weighted by atomic mass is 10.3. The molecule has 3 heterocycles. The molecule has 3 rings (SSSR count). The topological polar surface area (TPSA) is 48.5 Å². The third kappa shape index (κ3) is 1.79. The average molecular weight is 239 g/mol. The van der Waals surface area contributed by atoms with Crippen LogP contribution in [-0.2, 0) is 0 Å². The van der Waals surface area contributed by atoms with E-state index < -0.39 is 0 Å². The SMILES string of the molecule is Cc1cc(C)n(-c2cncc(-n3ccnc3)c2)n1. The molecule has 0 bridgehead atoms. The van der Waals surface area contributed by atoms with E-state index in [4.69, 9.17) is 0 Å². The van der Waals surface area contributed by atoms with Gasteiger partial charge in [0.1, 0.15) is 0 Å². The van der Waals surface area contributed by atoms with Crippen LogP contribution >= 0.6 is 0 Å². The number of rotatable bonds is 2. The van der Waals surface area contributed by atoms with Crippen LogP contribution in [-0.4, -0.2) is 24.3 Å². The minimum atomic E-state index is 0.951. The molecule has 0 amide bonds. The third-order valence-electron chi connectivity index (χ3n) is 2.77. The van der Waals surface area contributed by atoms with Crippen LogP contribution in [0.1, 0.15) is 11.4 Å². The fourth-order valence-corrected chi connectivity index (χ4v) is 1.98. The molecule has 0 aliphatic rings. The molecule has 0 spiro atoms. The van der Waals surface area contributed by atoms with Gasteiger partial charge in [-0.3, -0.25) is 4.98 Å². The first-order chi connectivity index (χ1) is 8.74. The Morgan fingerprint density at radius 3 is 2.50 bits per heavy atom. The van der Waals surface area contributed by atoms with Gasteiger partial charge in [-0.15, -0.1) is 0 Å². The Kier molecular flexibility index (Phi) is 2.44. The number of pyridine rings is 1. The van der Waals surface area contributed by atoms with Crippen molar-refractivity contribution in [1.82, 2.24) is 24.3 Å². The molecule has 0 aliphatic carbocycles. The summed E-state index contributed by atoms with van der Waals surface area (Å²) in [5.74, 6) is 0. The molecule has 0 aromatic carbocycles. The Hall–Kier alpha value is -2.43. The van der Waals surface area contributed by atoms with Crippen LogP contribution in [0.5, 0.6) is 0 Å². The largest absolute Gasteiger partial charge is 0.305 e. The highest BCUT2D eigenvalue weighted by Gasteiger charge is 2.05. The number of nitrogens with zero attached hydrogens (tertiary/aromatic N) is 5. The number of imidazole rings is 1. The van der Waals surface area contributed by atoms with Gasteiger partial charge in [0, 0.05) is 18.1 Å². The lowest BCUT2D eigenvalue weighted by Gasteiger charge is -2.06. The minimum Gasteiger partial charge on any atom is -0.305 e. The Labute approximate surface area is 105 Å². The maximum Gasteiger partial charge on any atom is 0.0992 e. The predicted molar refractivity (Wildman–Crippen MR) is 68.0 cm³/mol. The van der Waals surface area contributed by atoms with Crippen LogP contribution in [0.25, 0.3) is 11.4 Å². The van der Waals surface area contributed by atoms with Crippen molar-refractivity contribution < 1.29 is 0 Å². The molecule has 18 heavy (non-hydrogen) atoms. The molecule has 0 saturated carbocycles. The smallest absolute Gasteiger partial charge is 0.0992 e. The van der Waals surface area contributed by atoms with E-state index in [1.165, 1.54) is 0 Å². The van der Waals surface area contributed by atoms with Crippen LogP contribution in [0, 0.1) is 13.8 Å². The van der Waals surface area contributed by atoms with Gasteiger partial charge in [-0.1, -0.05) is 0 Å². The first-order valence-electron chi connectivity index (χ1n) is 5.71. The van der Waals surface area contributed by atoms with Crippen molar-refractivity contribution in [3.8, 4) is 11.4 Å². The quantitative estimate of drug-likeness (QED) is 0.687. The Morgan fingerprint density at radius 2 is 1.83 bits per heavy atom. The standard InChI is InChI=1S/C13H13N5/c1-10-5-11(2)18(16-10)13-6-12(7-15-8-13)17-4-3-14-9-17/h3-9H,1-2H3. The second kappa shape index (κ2) is 4.10. The fraction of sp³-hybridized carbons (Fsp3) is 0.154. The Bertz CT molecular complexity index is 667. The van der Waals surface area contributed by atoms with Crippen LogP contribution in [0.2, 0.25) is 0 Å². The highest BCUT2D eigenvalue weighted by atomic mass is 15.3. The van der Waals surface area contributed by atoms with Crippen LogP contribution in [0.15, 0.2) is 43.2 Å². The molecule has 3 aromatic heterocycles. The maximum absolute atomic E-state index is 4.45. The van der Waals surface area contributed by atoms with Gasteiger partial charge in [-0.05, 0) is 26.0 Å². The zero-order valence-electron chi connectivity index (χ0n) is 10.3. The highest BCUT2D eigenvalue weighted by molar-refractivity contribution is 5.41. The van der Waals surface area contributed by atoms with Crippen molar-refractivity contribution in [2.24, 2.45) is 0 Å². The normalized spacial score (nSPS) is 10.8. The van der Waals surface area contributed by atoms with Crippen molar-refractivity contribution in [3.63, 3.8) is 0 Å². The summed E-state index contributed by atoms with van der Waals surface area (Å²) >= 11 is 0. The number of hydrogen-bond donors (Lipinski definition) is 0. The zero-order chi connectivity index (χ0) is 12.5. The molecule has 0 radical (unpaired) electrons. The molecule has 5 nitrogen and oxygen atoms in total. The lowest BCUT2D eigenvalue weighted by molar-refractivity contribution is 0.825. The van der Waals surface area contributed by atoms with Crippen molar-refractivity contribution in [1.29, 1.82) is 0 Å². The fourth-order valence-electron chi connectivity index (χ4n) is 1.98. The van der Waals surface area contributed by atoms with Crippen molar-refractivity contribution >= 4 is 0 Å². The van der Waals surface area contributed by atoms with E-state index in [1.807, 2.05) is 41.4 Å². The second-order valence-corrected chi connectivity index (χ2v) is 4.21. The molecule has 5 heteroatoms. The molecule has 0 N–H and O–H groups in total. The van der Waals surface area contributed by atoms with Crippen molar-refractivity contribution in [2.75, 3.05) is 0 Å². The molecule has 0 saturated heterocycles. The van der Waals surface area contributed by atoms with Gasteiger partial charge in [0.2, 0.25) is 0 Å². The van der Waals surface area contributed by atoms with E-state index in [1.54, 1.807) is 24.9 Å². The van der Waals surface area contributed by atoms with E-state index in [-0.39, 0.29) is 0 Å². The summed E-state index contributed by atoms with van der Waals surface area (Å²) in [5, 5.41) is 4.45. The number of hydrogen-bond acceptors (Lipinski definition) is 3. The average Bonchev–Trinajstić information content (AvgIpc) is 2.99. The summed E-state index contributed by atoms with van der Waals surface area (Å²) in [6.07, 6.45) is 9.00. The number of aryl methyl sites for hydroxylation is 2. The molecule has 0 aliphatic heterocycles. The van der Waals surface area contributed by atoms with Gasteiger partial charge in [0.05, 0.1) is 35.8 Å². The van der Waals surface area contributed by atoms with Gasteiger partial charge >= 0.3 is 0 Å². The highest BCUT2D eigenvalue weighted by Crippen LogP contribution is 2.14. The molecule has 3 aromatic rings. The van der Waals surface area contributed by atoms with Crippen molar-refractivity contribution in [2.45, 2.75) is 13.8 Å². The van der Waals surface area contributed by atoms with Crippen LogP contribution in [0.4, 0.5) is 0 Å².